The second kappa shape index (κ2) is 14.7. The van der Waals surface area contributed by atoms with E-state index in [0.717, 1.165) is 39.0 Å². The topological polar surface area (TPSA) is 16.4 Å². The van der Waals surface area contributed by atoms with Gasteiger partial charge in [0.2, 0.25) is 0 Å². The zero-order valence-electron chi connectivity index (χ0n) is 40.5. The van der Waals surface area contributed by atoms with Gasteiger partial charge in [-0.05, 0) is 147 Å². The second-order valence-corrected chi connectivity index (χ2v) is 24.8. The number of nitrogens with zero attached hydrogens (tertiary/aromatic N) is 1. The molecule has 2 heterocycles. The summed E-state index contributed by atoms with van der Waals surface area (Å²) in [4.78, 5) is 2.55. The minimum Gasteiger partial charge on any atom is -0.456 e. The molecule has 0 amide bonds. The molecule has 4 aliphatic rings. The van der Waals surface area contributed by atoms with Gasteiger partial charge in [-0.3, -0.25) is 0 Å². The van der Waals surface area contributed by atoms with Crippen molar-refractivity contribution in [2.24, 2.45) is 0 Å². The maximum atomic E-state index is 6.71. The highest BCUT2D eigenvalue weighted by Gasteiger charge is 2.52. The zero-order valence-corrected chi connectivity index (χ0v) is 41.5. The molecule has 0 fully saturated rings. The van der Waals surface area contributed by atoms with Gasteiger partial charge in [-0.2, -0.15) is 0 Å². The summed E-state index contributed by atoms with van der Waals surface area (Å²) in [5.41, 5.74) is 23.2. The predicted octanol–water partition coefficient (Wildman–Crippen LogP) is 15.1. The highest BCUT2D eigenvalue weighted by molar-refractivity contribution is 7.22. The van der Waals surface area contributed by atoms with Crippen LogP contribution in [0.25, 0.3) is 66.4 Å². The summed E-state index contributed by atoms with van der Waals surface area (Å²) in [6.07, 6.45) is 0. The molecule has 73 heavy (non-hydrogen) atoms. The molecular formula is C70H47NOSi. The van der Waals surface area contributed by atoms with Crippen molar-refractivity contribution in [3.8, 4) is 44.5 Å². The van der Waals surface area contributed by atoms with Crippen LogP contribution in [0.5, 0.6) is 0 Å². The van der Waals surface area contributed by atoms with Crippen LogP contribution in [-0.4, -0.2) is 8.07 Å². The van der Waals surface area contributed by atoms with E-state index < -0.39 is 13.5 Å². The van der Waals surface area contributed by atoms with Gasteiger partial charge in [-0.1, -0.05) is 214 Å². The number of anilines is 3. The quantitative estimate of drug-likeness (QED) is 0.160. The molecule has 0 saturated heterocycles. The molecule has 12 aromatic rings. The van der Waals surface area contributed by atoms with Crippen LogP contribution in [0.1, 0.15) is 47.2 Å². The Bertz CT molecular complexity index is 4250. The van der Waals surface area contributed by atoms with Crippen LogP contribution in [0.15, 0.2) is 253 Å². The summed E-state index contributed by atoms with van der Waals surface area (Å²) in [5, 5.41) is 7.76. The van der Waals surface area contributed by atoms with Gasteiger partial charge in [-0.15, -0.1) is 0 Å². The molecule has 16 rings (SSSR count). The second-order valence-electron chi connectivity index (χ2n) is 21.1. The first-order valence-electron chi connectivity index (χ1n) is 25.7. The van der Waals surface area contributed by atoms with Gasteiger partial charge in [0.1, 0.15) is 11.2 Å². The molecule has 3 heteroatoms. The number of benzene rings is 11. The fraction of sp³-hybridized carbons (Fsp3) is 0.0571. The van der Waals surface area contributed by atoms with Crippen molar-refractivity contribution in [3.63, 3.8) is 0 Å². The fourth-order valence-electron chi connectivity index (χ4n) is 14.4. The third-order valence-corrected chi connectivity index (χ3v) is 22.2. The largest absolute Gasteiger partial charge is 0.456 e. The summed E-state index contributed by atoms with van der Waals surface area (Å²) in [6, 6.07) is 94.3. The fourth-order valence-corrected chi connectivity index (χ4v) is 19.6. The van der Waals surface area contributed by atoms with Crippen molar-refractivity contribution in [1.82, 2.24) is 0 Å². The van der Waals surface area contributed by atoms with Crippen LogP contribution in [0.4, 0.5) is 17.1 Å². The molecule has 3 aliphatic carbocycles. The van der Waals surface area contributed by atoms with E-state index in [1.807, 2.05) is 0 Å². The first kappa shape index (κ1) is 40.9. The van der Waals surface area contributed by atoms with Crippen LogP contribution < -0.4 is 25.6 Å². The van der Waals surface area contributed by atoms with Crippen molar-refractivity contribution >= 4 is 67.8 Å². The lowest BCUT2D eigenvalue weighted by molar-refractivity contribution is 0.660. The van der Waals surface area contributed by atoms with Gasteiger partial charge in [0.05, 0.1) is 5.41 Å². The number of furan rings is 1. The molecule has 11 aromatic carbocycles. The molecule has 0 bridgehead atoms. The maximum absolute atomic E-state index is 6.71. The van der Waals surface area contributed by atoms with Gasteiger partial charge in [-0.25, -0.2) is 0 Å². The third kappa shape index (κ3) is 5.22. The van der Waals surface area contributed by atoms with Crippen LogP contribution in [0, 0.1) is 0 Å². The van der Waals surface area contributed by atoms with Crippen molar-refractivity contribution in [3.05, 3.63) is 282 Å². The smallest absolute Gasteiger partial charge is 0.181 e. The number of hydrogen-bond acceptors (Lipinski definition) is 2. The molecule has 0 saturated carbocycles. The van der Waals surface area contributed by atoms with Crippen LogP contribution >= 0.6 is 0 Å². The Kier molecular flexibility index (Phi) is 8.22. The van der Waals surface area contributed by atoms with E-state index >= 15 is 0 Å². The number of para-hydroxylation sites is 1. The molecule has 1 spiro atoms. The molecule has 1 aliphatic heterocycles. The molecule has 1 aromatic heterocycles. The summed E-state index contributed by atoms with van der Waals surface area (Å²) in [5.74, 6) is 0. The monoisotopic (exact) mass is 945 g/mol. The van der Waals surface area contributed by atoms with Gasteiger partial charge in [0.15, 0.2) is 8.07 Å². The average Bonchev–Trinajstić information content (AvgIpc) is 4.21. The Morgan fingerprint density at radius 3 is 1.48 bits per heavy atom. The molecule has 2 nitrogen and oxygen atoms in total. The van der Waals surface area contributed by atoms with Crippen LogP contribution in [0.3, 0.4) is 0 Å². The highest BCUT2D eigenvalue weighted by Crippen LogP contribution is 2.63. The Balaban J connectivity index is 0.954. The third-order valence-electron chi connectivity index (χ3n) is 17.4. The first-order chi connectivity index (χ1) is 36.0. The average molecular weight is 946 g/mol. The lowest BCUT2D eigenvalue weighted by atomic mass is 9.70. The van der Waals surface area contributed by atoms with Crippen molar-refractivity contribution in [1.29, 1.82) is 0 Å². The Morgan fingerprint density at radius 1 is 0.315 bits per heavy atom. The van der Waals surface area contributed by atoms with E-state index in [1.165, 1.54) is 98.6 Å². The van der Waals surface area contributed by atoms with E-state index in [0.29, 0.717) is 0 Å². The Morgan fingerprint density at radius 2 is 0.795 bits per heavy atom. The van der Waals surface area contributed by atoms with Crippen molar-refractivity contribution in [2.75, 3.05) is 4.90 Å². The maximum Gasteiger partial charge on any atom is 0.181 e. The van der Waals surface area contributed by atoms with E-state index in [-0.39, 0.29) is 5.41 Å². The number of hydrogen-bond donors (Lipinski definition) is 0. The standard InChI is InChI=1S/C70H47NOSi/c1-69(2)59-27-10-3-20-49(59)53-37-34-46(42-64(53)69)71(45-35-39-63-58(41-45)52-23-6-13-30-62(52)70(63)60-28-11-4-21-50(60)51-22-5-12-29-61(51)70)44-18-17-19-47(40-44)73(67-32-15-8-25-56(67)57-26-9-16-33-68(57)73)48-36-38-55-54-24-7-14-31-65(54)72-66(55)43-48/h3-43H,1-2H3. The summed E-state index contributed by atoms with van der Waals surface area (Å²) >= 11 is 0. The Hall–Kier alpha value is -8.76. The molecular weight excluding hydrogens is 899 g/mol. The molecule has 342 valence electrons. The van der Waals surface area contributed by atoms with E-state index in [2.05, 4.69) is 267 Å². The van der Waals surface area contributed by atoms with Crippen molar-refractivity contribution < 1.29 is 4.42 Å². The minimum absolute atomic E-state index is 0.175. The Labute approximate surface area is 426 Å². The number of fused-ring (bicyclic) bond motifs is 19. The summed E-state index contributed by atoms with van der Waals surface area (Å²) in [6.45, 7) is 4.78. The molecule has 0 N–H and O–H groups in total. The summed E-state index contributed by atoms with van der Waals surface area (Å²) < 4.78 is 6.71. The predicted molar refractivity (Wildman–Crippen MR) is 305 cm³/mol. The van der Waals surface area contributed by atoms with Gasteiger partial charge in [0, 0.05) is 33.2 Å². The van der Waals surface area contributed by atoms with Crippen molar-refractivity contribution in [2.45, 2.75) is 24.7 Å². The van der Waals surface area contributed by atoms with E-state index in [9.17, 15) is 0 Å². The number of rotatable bonds is 5. The minimum atomic E-state index is -2.99. The molecule has 0 unspecified atom stereocenters. The van der Waals surface area contributed by atoms with E-state index in [4.69, 9.17) is 4.42 Å². The SMILES string of the molecule is CC1(C)c2ccccc2-c2ccc(N(c3cccc([Si]4(c5ccc6c(c5)oc5ccccc56)c5ccccc5-c5ccccc54)c3)c3ccc4c(c3)-c3ccccc3C43c4ccccc4-c4ccccc43)cc21. The van der Waals surface area contributed by atoms with Gasteiger partial charge < -0.3 is 9.32 Å². The zero-order chi connectivity index (χ0) is 48.2. The molecule has 0 radical (unpaired) electrons. The van der Waals surface area contributed by atoms with E-state index in [1.54, 1.807) is 0 Å². The lowest BCUT2D eigenvalue weighted by Crippen LogP contribution is -2.72. The lowest BCUT2D eigenvalue weighted by Gasteiger charge is -2.34. The highest BCUT2D eigenvalue weighted by atomic mass is 28.3. The van der Waals surface area contributed by atoms with Gasteiger partial charge in [0.25, 0.3) is 0 Å². The summed E-state index contributed by atoms with van der Waals surface area (Å²) in [7, 11) is -2.99. The normalized spacial score (nSPS) is 15.0. The van der Waals surface area contributed by atoms with Gasteiger partial charge >= 0.3 is 0 Å². The first-order valence-corrected chi connectivity index (χ1v) is 27.7. The van der Waals surface area contributed by atoms with Crippen LogP contribution in [-0.2, 0) is 10.8 Å². The van der Waals surface area contributed by atoms with Crippen LogP contribution in [0.2, 0.25) is 0 Å². The molecule has 0 atom stereocenters.